The number of nitrogens with one attached hydrogen (secondary N) is 1. The molecule has 0 radical (unpaired) electrons. The van der Waals surface area contributed by atoms with E-state index in [9.17, 15) is 0 Å². The van der Waals surface area contributed by atoms with Crippen LogP contribution in [0.2, 0.25) is 0 Å². The molecule has 0 atom stereocenters. The van der Waals surface area contributed by atoms with Gasteiger partial charge in [-0.15, -0.1) is 0 Å². The largest absolute Gasteiger partial charge is 0.354 e. The number of aromatic nitrogens is 1. The van der Waals surface area contributed by atoms with Crippen LogP contribution in [0, 0.1) is 0 Å². The van der Waals surface area contributed by atoms with Crippen LogP contribution in [0.25, 0.3) is 66.3 Å². The summed E-state index contributed by atoms with van der Waals surface area (Å²) in [5, 5.41) is 2.52. The van der Waals surface area contributed by atoms with Gasteiger partial charge in [0.1, 0.15) is 0 Å². The van der Waals surface area contributed by atoms with Crippen molar-refractivity contribution in [3.05, 3.63) is 145 Å². The lowest BCUT2D eigenvalue weighted by Gasteiger charge is -2.21. The van der Waals surface area contributed by atoms with E-state index in [0.29, 0.717) is 0 Å². The van der Waals surface area contributed by atoms with Crippen LogP contribution in [0.5, 0.6) is 0 Å². The van der Waals surface area contributed by atoms with Crippen molar-refractivity contribution in [1.29, 1.82) is 0 Å². The Hall–Kier alpha value is -4.88. The quantitative estimate of drug-likeness (QED) is 0.243. The minimum Gasteiger partial charge on any atom is -0.354 e. The maximum Gasteiger partial charge on any atom is 0.0544 e. The molecule has 1 aromatic heterocycles. The fraction of sp³-hybridized carbons (Fsp3) is 0.0769. The molecule has 190 valence electrons. The molecule has 40 heavy (non-hydrogen) atoms. The first-order valence-electron chi connectivity index (χ1n) is 14.0. The molecule has 0 unspecified atom stereocenters. The highest BCUT2D eigenvalue weighted by atomic mass is 14.7. The standard InChI is InChI=1S/C39H29N/c1-39(2)35-17-8-6-13-31(35)34-24-26(19-20-36(34)39)28-21-27(25-11-4-3-5-12-25)22-29(23-28)30-15-10-16-33-32-14-7-9-18-37(32)40-38(30)33/h3-24,40H,1-2H3. The predicted molar refractivity (Wildman–Crippen MR) is 170 cm³/mol. The van der Waals surface area contributed by atoms with Crippen LogP contribution in [-0.2, 0) is 5.41 Å². The second-order valence-corrected chi connectivity index (χ2v) is 11.5. The fourth-order valence-electron chi connectivity index (χ4n) is 6.76. The van der Waals surface area contributed by atoms with Crippen LogP contribution in [0.3, 0.4) is 0 Å². The van der Waals surface area contributed by atoms with Crippen molar-refractivity contribution in [2.75, 3.05) is 0 Å². The highest BCUT2D eigenvalue weighted by Gasteiger charge is 2.35. The van der Waals surface area contributed by atoms with Crippen LogP contribution < -0.4 is 0 Å². The van der Waals surface area contributed by atoms with E-state index in [1.807, 2.05) is 0 Å². The first-order valence-corrected chi connectivity index (χ1v) is 14.0. The molecule has 0 amide bonds. The fourth-order valence-corrected chi connectivity index (χ4v) is 6.76. The molecule has 0 saturated heterocycles. The monoisotopic (exact) mass is 511 g/mol. The van der Waals surface area contributed by atoms with E-state index >= 15 is 0 Å². The summed E-state index contributed by atoms with van der Waals surface area (Å²) in [7, 11) is 0. The second kappa shape index (κ2) is 8.56. The summed E-state index contributed by atoms with van der Waals surface area (Å²) in [4.78, 5) is 3.72. The molecule has 1 heteroatoms. The lowest BCUT2D eigenvalue weighted by atomic mass is 9.82. The van der Waals surface area contributed by atoms with Gasteiger partial charge in [-0.25, -0.2) is 0 Å². The number of rotatable bonds is 3. The summed E-state index contributed by atoms with van der Waals surface area (Å²) in [5.74, 6) is 0. The summed E-state index contributed by atoms with van der Waals surface area (Å²) in [6.07, 6.45) is 0. The first-order chi connectivity index (χ1) is 19.6. The second-order valence-electron chi connectivity index (χ2n) is 11.5. The number of fused-ring (bicyclic) bond motifs is 6. The van der Waals surface area contributed by atoms with E-state index in [4.69, 9.17) is 0 Å². The van der Waals surface area contributed by atoms with Gasteiger partial charge in [0.2, 0.25) is 0 Å². The Morgan fingerprint density at radius 3 is 1.95 bits per heavy atom. The molecule has 0 saturated carbocycles. The molecular formula is C39H29N. The van der Waals surface area contributed by atoms with Crippen LogP contribution in [0.1, 0.15) is 25.0 Å². The van der Waals surface area contributed by atoms with Crippen LogP contribution in [0.15, 0.2) is 133 Å². The van der Waals surface area contributed by atoms with E-state index in [-0.39, 0.29) is 5.41 Å². The van der Waals surface area contributed by atoms with E-state index in [1.165, 1.54) is 77.4 Å². The molecule has 0 aliphatic heterocycles. The van der Waals surface area contributed by atoms with E-state index in [0.717, 1.165) is 0 Å². The van der Waals surface area contributed by atoms with Crippen molar-refractivity contribution < 1.29 is 0 Å². The Kier molecular flexibility index (Phi) is 4.93. The Morgan fingerprint density at radius 2 is 1.07 bits per heavy atom. The van der Waals surface area contributed by atoms with Gasteiger partial charge in [0.15, 0.2) is 0 Å². The minimum absolute atomic E-state index is 0.00672. The van der Waals surface area contributed by atoms with Gasteiger partial charge in [-0.2, -0.15) is 0 Å². The van der Waals surface area contributed by atoms with E-state index in [2.05, 4.69) is 152 Å². The third-order valence-electron chi connectivity index (χ3n) is 8.81. The Bertz CT molecular complexity index is 2070. The van der Waals surface area contributed by atoms with Crippen molar-refractivity contribution in [2.45, 2.75) is 19.3 Å². The molecule has 1 nitrogen and oxygen atoms in total. The van der Waals surface area contributed by atoms with Crippen molar-refractivity contribution in [3.8, 4) is 44.5 Å². The maximum atomic E-state index is 3.72. The van der Waals surface area contributed by atoms with Gasteiger partial charge in [-0.05, 0) is 80.4 Å². The molecule has 1 aliphatic rings. The van der Waals surface area contributed by atoms with Gasteiger partial charge in [0.25, 0.3) is 0 Å². The highest BCUT2D eigenvalue weighted by molar-refractivity contribution is 6.12. The highest BCUT2D eigenvalue weighted by Crippen LogP contribution is 2.49. The number of hydrogen-bond acceptors (Lipinski definition) is 0. The molecule has 6 aromatic carbocycles. The van der Waals surface area contributed by atoms with E-state index in [1.54, 1.807) is 0 Å². The smallest absolute Gasteiger partial charge is 0.0544 e. The summed E-state index contributed by atoms with van der Waals surface area (Å²) in [5.41, 5.74) is 15.2. The lowest BCUT2D eigenvalue weighted by Crippen LogP contribution is -2.14. The van der Waals surface area contributed by atoms with Crippen molar-refractivity contribution in [1.82, 2.24) is 4.98 Å². The van der Waals surface area contributed by atoms with Crippen molar-refractivity contribution in [2.24, 2.45) is 0 Å². The minimum atomic E-state index is 0.00672. The maximum absolute atomic E-state index is 3.72. The molecule has 0 bridgehead atoms. The van der Waals surface area contributed by atoms with Gasteiger partial charge >= 0.3 is 0 Å². The number of benzene rings is 6. The van der Waals surface area contributed by atoms with Gasteiger partial charge in [0, 0.05) is 27.3 Å². The summed E-state index contributed by atoms with van der Waals surface area (Å²) in [6, 6.07) is 48.9. The normalized spacial score (nSPS) is 13.4. The molecular weight excluding hydrogens is 482 g/mol. The van der Waals surface area contributed by atoms with Gasteiger partial charge in [-0.3, -0.25) is 0 Å². The van der Waals surface area contributed by atoms with Gasteiger partial charge in [0.05, 0.1) is 5.52 Å². The van der Waals surface area contributed by atoms with Crippen LogP contribution in [-0.4, -0.2) is 4.98 Å². The summed E-state index contributed by atoms with van der Waals surface area (Å²) >= 11 is 0. The van der Waals surface area contributed by atoms with Crippen molar-refractivity contribution in [3.63, 3.8) is 0 Å². The number of H-pyrrole nitrogens is 1. The van der Waals surface area contributed by atoms with Gasteiger partial charge in [-0.1, -0.05) is 117 Å². The Morgan fingerprint density at radius 1 is 0.425 bits per heavy atom. The molecule has 8 rings (SSSR count). The molecule has 7 aromatic rings. The Labute approximate surface area is 234 Å². The average Bonchev–Trinajstić information content (AvgIpc) is 3.50. The lowest BCUT2D eigenvalue weighted by molar-refractivity contribution is 0.660. The number of para-hydroxylation sites is 2. The molecule has 0 spiro atoms. The van der Waals surface area contributed by atoms with Crippen LogP contribution >= 0.6 is 0 Å². The van der Waals surface area contributed by atoms with E-state index < -0.39 is 0 Å². The SMILES string of the molecule is CC1(C)c2ccccc2-c2cc(-c3cc(-c4ccccc4)cc(-c4cccc5c4[nH]c4ccccc45)c3)ccc21. The number of hydrogen-bond donors (Lipinski definition) is 1. The first kappa shape index (κ1) is 23.0. The zero-order chi connectivity index (χ0) is 26.8. The average molecular weight is 512 g/mol. The third-order valence-corrected chi connectivity index (χ3v) is 8.81. The summed E-state index contributed by atoms with van der Waals surface area (Å²) in [6.45, 7) is 4.68. The molecule has 1 N–H and O–H groups in total. The zero-order valence-electron chi connectivity index (χ0n) is 22.7. The van der Waals surface area contributed by atoms with Crippen molar-refractivity contribution >= 4 is 21.8 Å². The molecule has 0 fully saturated rings. The van der Waals surface area contributed by atoms with Gasteiger partial charge < -0.3 is 4.98 Å². The molecule has 1 aliphatic carbocycles. The predicted octanol–water partition coefficient (Wildman–Crippen LogP) is 10.6. The third kappa shape index (κ3) is 3.41. The molecule has 1 heterocycles. The summed E-state index contributed by atoms with van der Waals surface area (Å²) < 4.78 is 0. The topological polar surface area (TPSA) is 15.8 Å². The number of aromatic amines is 1. The van der Waals surface area contributed by atoms with Crippen LogP contribution in [0.4, 0.5) is 0 Å². The zero-order valence-corrected chi connectivity index (χ0v) is 22.7. The Balaban J connectivity index is 1.36.